The number of thiophene rings is 1. The van der Waals surface area contributed by atoms with Crippen LogP contribution in [-0.4, -0.2) is 32.8 Å². The summed E-state index contributed by atoms with van der Waals surface area (Å²) in [7, 11) is 1.77. The molecule has 0 fully saturated rings. The summed E-state index contributed by atoms with van der Waals surface area (Å²) in [5, 5.41) is 10.4. The summed E-state index contributed by atoms with van der Waals surface area (Å²) in [6, 6.07) is 5.57. The van der Waals surface area contributed by atoms with Gasteiger partial charge in [0.05, 0.1) is 10.6 Å². The maximum Gasteiger partial charge on any atom is 0.276 e. The van der Waals surface area contributed by atoms with E-state index in [-0.39, 0.29) is 5.91 Å². The minimum atomic E-state index is -0.162. The number of carbonyl (C=O) groups is 1. The third-order valence-electron chi connectivity index (χ3n) is 4.07. The van der Waals surface area contributed by atoms with Crippen LogP contribution in [0.15, 0.2) is 28.1 Å². The van der Waals surface area contributed by atoms with E-state index in [1.54, 1.807) is 29.4 Å². The van der Waals surface area contributed by atoms with E-state index < -0.39 is 0 Å². The number of amides is 1. The number of nitrogens with zero attached hydrogens (tertiary/aromatic N) is 4. The van der Waals surface area contributed by atoms with Crippen LogP contribution in [0.5, 0.6) is 0 Å². The number of hydrogen-bond acceptors (Lipinski definition) is 5. The Kier molecular flexibility index (Phi) is 4.53. The van der Waals surface area contributed by atoms with Crippen molar-refractivity contribution < 1.29 is 9.32 Å². The second-order valence-corrected chi connectivity index (χ2v) is 6.63. The summed E-state index contributed by atoms with van der Waals surface area (Å²) >= 11 is 1.55. The van der Waals surface area contributed by atoms with Crippen LogP contribution >= 0.6 is 11.3 Å². The normalized spacial score (nSPS) is 11.0. The zero-order valence-corrected chi connectivity index (χ0v) is 15.1. The molecular weight excluding hydrogens is 324 g/mol. The summed E-state index contributed by atoms with van der Waals surface area (Å²) in [5.41, 5.74) is 3.44. The number of aromatic nitrogens is 3. The van der Waals surface area contributed by atoms with E-state index in [9.17, 15) is 4.79 Å². The monoisotopic (exact) mass is 344 g/mol. The Morgan fingerprint density at radius 3 is 2.83 bits per heavy atom. The molecule has 0 aliphatic heterocycles. The summed E-state index contributed by atoms with van der Waals surface area (Å²) in [5.74, 6) is 0.456. The fraction of sp³-hybridized carbons (Fsp3) is 0.353. The third kappa shape index (κ3) is 2.99. The second-order valence-electron chi connectivity index (χ2n) is 5.68. The molecule has 0 unspecified atom stereocenters. The van der Waals surface area contributed by atoms with E-state index in [1.165, 1.54) is 0 Å². The van der Waals surface area contributed by atoms with Crippen LogP contribution in [0, 0.1) is 13.8 Å². The topological polar surface area (TPSA) is 64.2 Å². The van der Waals surface area contributed by atoms with Gasteiger partial charge >= 0.3 is 0 Å². The van der Waals surface area contributed by atoms with Crippen LogP contribution in [-0.2, 0) is 13.1 Å². The Labute approximate surface area is 144 Å². The quantitative estimate of drug-likeness (QED) is 0.710. The zero-order valence-electron chi connectivity index (χ0n) is 14.2. The molecule has 24 heavy (non-hydrogen) atoms. The van der Waals surface area contributed by atoms with E-state index in [1.807, 2.05) is 36.0 Å². The lowest BCUT2D eigenvalue weighted by Crippen LogP contribution is -2.27. The number of aryl methyl sites for hydroxylation is 2. The van der Waals surface area contributed by atoms with Crippen LogP contribution in [0.4, 0.5) is 0 Å². The van der Waals surface area contributed by atoms with Crippen LogP contribution in [0.1, 0.15) is 34.4 Å². The van der Waals surface area contributed by atoms with Crippen molar-refractivity contribution in [2.75, 3.05) is 7.05 Å². The highest BCUT2D eigenvalue weighted by Gasteiger charge is 2.20. The molecule has 0 aliphatic carbocycles. The molecule has 0 saturated carbocycles. The van der Waals surface area contributed by atoms with Gasteiger partial charge < -0.3 is 9.42 Å². The average molecular weight is 344 g/mol. The molecule has 0 radical (unpaired) electrons. The molecule has 3 aromatic heterocycles. The van der Waals surface area contributed by atoms with Crippen LogP contribution in [0.2, 0.25) is 0 Å². The first-order chi connectivity index (χ1) is 11.5. The van der Waals surface area contributed by atoms with Crippen LogP contribution in [0.25, 0.3) is 10.6 Å². The average Bonchev–Trinajstić information content (AvgIpc) is 3.29. The molecule has 0 atom stereocenters. The zero-order chi connectivity index (χ0) is 17.3. The predicted molar refractivity (Wildman–Crippen MR) is 93.0 cm³/mol. The Morgan fingerprint density at radius 2 is 2.21 bits per heavy atom. The first-order valence-electron chi connectivity index (χ1n) is 7.80. The molecule has 0 saturated heterocycles. The van der Waals surface area contributed by atoms with E-state index >= 15 is 0 Å². The minimum absolute atomic E-state index is 0.162. The van der Waals surface area contributed by atoms with Gasteiger partial charge in [0, 0.05) is 37.5 Å². The summed E-state index contributed by atoms with van der Waals surface area (Å²) in [6.07, 6.45) is 0. The van der Waals surface area contributed by atoms with Gasteiger partial charge in [0.15, 0.2) is 11.5 Å². The van der Waals surface area contributed by atoms with Crippen molar-refractivity contribution in [3.63, 3.8) is 0 Å². The van der Waals surface area contributed by atoms with Crippen LogP contribution in [0.3, 0.4) is 0 Å². The van der Waals surface area contributed by atoms with Gasteiger partial charge in [0.25, 0.3) is 5.91 Å². The molecule has 0 aliphatic rings. The standard InChI is InChI=1S/C17H20N4O2S/c1-5-21-12(3)13(11(2)18-21)10-20(4)17(22)14-9-15(23-19-14)16-7-6-8-24-16/h6-9H,5,10H2,1-4H3. The highest BCUT2D eigenvalue weighted by molar-refractivity contribution is 7.13. The lowest BCUT2D eigenvalue weighted by Gasteiger charge is -2.16. The molecule has 3 aromatic rings. The smallest absolute Gasteiger partial charge is 0.276 e. The Balaban J connectivity index is 1.77. The van der Waals surface area contributed by atoms with Gasteiger partial charge in [0.2, 0.25) is 0 Å². The predicted octanol–water partition coefficient (Wildman–Crippen LogP) is 3.51. The molecule has 126 valence electrons. The maximum atomic E-state index is 12.6. The Hall–Kier alpha value is -2.41. The van der Waals surface area contributed by atoms with Crippen molar-refractivity contribution in [3.8, 4) is 10.6 Å². The van der Waals surface area contributed by atoms with Gasteiger partial charge in [-0.1, -0.05) is 11.2 Å². The molecular formula is C17H20N4O2S. The largest absolute Gasteiger partial charge is 0.355 e. The summed E-state index contributed by atoms with van der Waals surface area (Å²) < 4.78 is 7.25. The minimum Gasteiger partial charge on any atom is -0.355 e. The van der Waals surface area contributed by atoms with E-state index in [4.69, 9.17) is 4.52 Å². The molecule has 3 heterocycles. The lowest BCUT2D eigenvalue weighted by atomic mass is 10.2. The Morgan fingerprint density at radius 1 is 1.42 bits per heavy atom. The van der Waals surface area contributed by atoms with Gasteiger partial charge in [-0.25, -0.2) is 0 Å². The molecule has 7 heteroatoms. The van der Waals surface area contributed by atoms with E-state index in [0.717, 1.165) is 28.4 Å². The summed E-state index contributed by atoms with van der Waals surface area (Å²) in [4.78, 5) is 15.2. The number of rotatable bonds is 5. The number of carbonyl (C=O) groups excluding carboxylic acids is 1. The molecule has 0 bridgehead atoms. The van der Waals surface area contributed by atoms with Gasteiger partial charge in [0.1, 0.15) is 0 Å². The van der Waals surface area contributed by atoms with E-state index in [2.05, 4.69) is 17.2 Å². The molecule has 1 amide bonds. The van der Waals surface area contributed by atoms with Crippen molar-refractivity contribution in [2.24, 2.45) is 0 Å². The van der Waals surface area contributed by atoms with Gasteiger partial charge in [-0.3, -0.25) is 9.48 Å². The Bertz CT molecular complexity index is 848. The van der Waals surface area contributed by atoms with Crippen molar-refractivity contribution in [2.45, 2.75) is 33.9 Å². The van der Waals surface area contributed by atoms with Crippen LogP contribution < -0.4 is 0 Å². The highest BCUT2D eigenvalue weighted by atomic mass is 32.1. The number of hydrogen-bond donors (Lipinski definition) is 0. The fourth-order valence-electron chi connectivity index (χ4n) is 2.69. The maximum absolute atomic E-state index is 12.6. The lowest BCUT2D eigenvalue weighted by molar-refractivity contribution is 0.0774. The fourth-order valence-corrected chi connectivity index (χ4v) is 3.36. The van der Waals surface area contributed by atoms with Crippen molar-refractivity contribution >= 4 is 17.2 Å². The van der Waals surface area contributed by atoms with Gasteiger partial charge in [-0.2, -0.15) is 5.10 Å². The first kappa shape index (κ1) is 16.4. The molecule has 3 rings (SSSR count). The SMILES string of the molecule is CCn1nc(C)c(CN(C)C(=O)c2cc(-c3cccs3)on2)c1C. The van der Waals surface area contributed by atoms with Gasteiger partial charge in [-0.05, 0) is 32.2 Å². The third-order valence-corrected chi connectivity index (χ3v) is 4.95. The molecule has 6 nitrogen and oxygen atoms in total. The molecule has 0 spiro atoms. The molecule has 0 aromatic carbocycles. The first-order valence-corrected chi connectivity index (χ1v) is 8.68. The van der Waals surface area contributed by atoms with Gasteiger partial charge in [-0.15, -0.1) is 11.3 Å². The van der Waals surface area contributed by atoms with Crippen molar-refractivity contribution in [1.29, 1.82) is 0 Å². The highest BCUT2D eigenvalue weighted by Crippen LogP contribution is 2.25. The van der Waals surface area contributed by atoms with Crippen molar-refractivity contribution in [1.82, 2.24) is 19.8 Å². The summed E-state index contributed by atoms with van der Waals surface area (Å²) in [6.45, 7) is 7.37. The van der Waals surface area contributed by atoms with Crippen molar-refractivity contribution in [3.05, 3.63) is 46.2 Å². The second kappa shape index (κ2) is 6.60. The molecule has 0 N–H and O–H groups in total. The van der Waals surface area contributed by atoms with E-state index in [0.29, 0.717) is 18.0 Å².